The maximum absolute atomic E-state index is 11.9. The molecule has 2 aromatic rings. The molecule has 6 heteroatoms. The molecule has 0 fully saturated rings. The van der Waals surface area contributed by atoms with Crippen molar-refractivity contribution in [1.82, 2.24) is 15.1 Å². The summed E-state index contributed by atoms with van der Waals surface area (Å²) in [6, 6.07) is 11.2. The van der Waals surface area contributed by atoms with Crippen molar-refractivity contribution in [3.8, 4) is 5.75 Å². The molecule has 0 spiro atoms. The monoisotopic (exact) mass is 303 g/mol. The van der Waals surface area contributed by atoms with Gasteiger partial charge in [-0.15, -0.1) is 0 Å². The molecule has 0 aliphatic heterocycles. The molecule has 118 valence electrons. The number of aromatic nitrogens is 2. The highest BCUT2D eigenvalue weighted by Gasteiger charge is 2.13. The number of nitrogens with zero attached hydrogens (tertiary/aromatic N) is 2. The minimum Gasteiger partial charge on any atom is -0.481 e. The van der Waals surface area contributed by atoms with Crippen LogP contribution in [0.2, 0.25) is 0 Å². The van der Waals surface area contributed by atoms with E-state index in [9.17, 15) is 4.79 Å². The molecule has 1 amide bonds. The van der Waals surface area contributed by atoms with Crippen LogP contribution in [-0.4, -0.2) is 41.6 Å². The van der Waals surface area contributed by atoms with Gasteiger partial charge in [-0.05, 0) is 25.1 Å². The zero-order chi connectivity index (χ0) is 15.6. The second kappa shape index (κ2) is 8.84. The number of para-hydroxylation sites is 1. The van der Waals surface area contributed by atoms with Gasteiger partial charge in [-0.3, -0.25) is 9.48 Å². The molecule has 0 saturated heterocycles. The largest absolute Gasteiger partial charge is 0.481 e. The van der Waals surface area contributed by atoms with Crippen molar-refractivity contribution in [2.45, 2.75) is 19.6 Å². The van der Waals surface area contributed by atoms with E-state index in [0.29, 0.717) is 32.1 Å². The third-order valence-corrected chi connectivity index (χ3v) is 2.99. The van der Waals surface area contributed by atoms with E-state index in [4.69, 9.17) is 9.47 Å². The fraction of sp³-hybridized carbons (Fsp3) is 0.375. The summed E-state index contributed by atoms with van der Waals surface area (Å²) in [5.41, 5.74) is 0. The van der Waals surface area contributed by atoms with Crippen molar-refractivity contribution < 1.29 is 14.3 Å². The zero-order valence-electron chi connectivity index (χ0n) is 12.6. The summed E-state index contributed by atoms with van der Waals surface area (Å²) in [6.07, 6.45) is 3.08. The molecule has 6 nitrogen and oxygen atoms in total. The Balaban J connectivity index is 1.55. The van der Waals surface area contributed by atoms with E-state index in [1.807, 2.05) is 42.6 Å². The number of hydrogen-bond donors (Lipinski definition) is 1. The molecule has 0 bridgehead atoms. The Kier molecular flexibility index (Phi) is 6.44. The summed E-state index contributed by atoms with van der Waals surface area (Å²) in [5, 5.41) is 6.86. The molecule has 2 rings (SSSR count). The number of benzene rings is 1. The second-order valence-electron chi connectivity index (χ2n) is 4.75. The predicted octanol–water partition coefficient (Wildman–Crippen LogP) is 1.48. The van der Waals surface area contributed by atoms with Crippen LogP contribution in [0.15, 0.2) is 48.8 Å². The number of nitrogens with one attached hydrogen (secondary N) is 1. The lowest BCUT2D eigenvalue weighted by atomic mass is 10.3. The van der Waals surface area contributed by atoms with Crippen LogP contribution in [0, 0.1) is 0 Å². The van der Waals surface area contributed by atoms with E-state index in [-0.39, 0.29) is 5.91 Å². The fourth-order valence-electron chi connectivity index (χ4n) is 1.84. The van der Waals surface area contributed by atoms with Gasteiger partial charge in [0.1, 0.15) is 5.75 Å². The smallest absolute Gasteiger partial charge is 0.260 e. The first-order valence-electron chi connectivity index (χ1n) is 7.30. The standard InChI is InChI=1S/C16H21N3O3/c1-14(22-15-6-3-2-4-7-15)16(20)17-9-12-21-13-11-19-10-5-8-18-19/h2-8,10,14H,9,11-13H2,1H3,(H,17,20)/t14-/m1/s1. The summed E-state index contributed by atoms with van der Waals surface area (Å²) in [7, 11) is 0. The normalized spacial score (nSPS) is 11.9. The Morgan fingerprint density at radius 2 is 2.09 bits per heavy atom. The lowest BCUT2D eigenvalue weighted by molar-refractivity contribution is -0.127. The van der Waals surface area contributed by atoms with Gasteiger partial charge in [0.25, 0.3) is 5.91 Å². The molecule has 0 radical (unpaired) electrons. The van der Waals surface area contributed by atoms with Crippen LogP contribution < -0.4 is 10.1 Å². The first-order chi connectivity index (χ1) is 10.8. The maximum atomic E-state index is 11.9. The number of amides is 1. The highest BCUT2D eigenvalue weighted by atomic mass is 16.5. The van der Waals surface area contributed by atoms with Crippen molar-refractivity contribution in [1.29, 1.82) is 0 Å². The van der Waals surface area contributed by atoms with E-state index in [2.05, 4.69) is 10.4 Å². The van der Waals surface area contributed by atoms with Gasteiger partial charge in [-0.25, -0.2) is 0 Å². The highest BCUT2D eigenvalue weighted by molar-refractivity contribution is 5.80. The third kappa shape index (κ3) is 5.57. The third-order valence-electron chi connectivity index (χ3n) is 2.99. The van der Waals surface area contributed by atoms with E-state index in [1.165, 1.54) is 0 Å². The highest BCUT2D eigenvalue weighted by Crippen LogP contribution is 2.10. The van der Waals surface area contributed by atoms with Crippen molar-refractivity contribution in [2.24, 2.45) is 0 Å². The molecule has 1 N–H and O–H groups in total. The quantitative estimate of drug-likeness (QED) is 0.713. The van der Waals surface area contributed by atoms with Crippen LogP contribution in [0.1, 0.15) is 6.92 Å². The van der Waals surface area contributed by atoms with E-state index in [1.54, 1.807) is 17.8 Å². The molecule has 1 atom stereocenters. The van der Waals surface area contributed by atoms with Gasteiger partial charge >= 0.3 is 0 Å². The SMILES string of the molecule is C[C@@H](Oc1ccccc1)C(=O)NCCOCCn1cccn1. The van der Waals surface area contributed by atoms with E-state index >= 15 is 0 Å². The van der Waals surface area contributed by atoms with E-state index in [0.717, 1.165) is 0 Å². The van der Waals surface area contributed by atoms with Crippen LogP contribution in [0.25, 0.3) is 0 Å². The predicted molar refractivity (Wildman–Crippen MR) is 82.6 cm³/mol. The van der Waals surface area contributed by atoms with Crippen molar-refractivity contribution >= 4 is 5.91 Å². The molecule has 0 saturated carbocycles. The molecule has 22 heavy (non-hydrogen) atoms. The average molecular weight is 303 g/mol. The average Bonchev–Trinajstić information content (AvgIpc) is 3.04. The van der Waals surface area contributed by atoms with Crippen LogP contribution in [-0.2, 0) is 16.1 Å². The van der Waals surface area contributed by atoms with Crippen molar-refractivity contribution in [3.63, 3.8) is 0 Å². The van der Waals surface area contributed by atoms with Crippen molar-refractivity contribution in [3.05, 3.63) is 48.8 Å². The van der Waals surface area contributed by atoms with Crippen LogP contribution in [0.3, 0.4) is 0 Å². The van der Waals surface area contributed by atoms with E-state index < -0.39 is 6.10 Å². The summed E-state index contributed by atoms with van der Waals surface area (Å²) < 4.78 is 12.8. The molecule has 1 heterocycles. The van der Waals surface area contributed by atoms with Crippen LogP contribution in [0.4, 0.5) is 0 Å². The number of carbonyl (C=O) groups is 1. The summed E-state index contributed by atoms with van der Waals surface area (Å²) in [4.78, 5) is 11.9. The van der Waals surface area contributed by atoms with Gasteiger partial charge in [0.05, 0.1) is 19.8 Å². The van der Waals surface area contributed by atoms with Gasteiger partial charge in [0.2, 0.25) is 0 Å². The minimum absolute atomic E-state index is 0.153. The van der Waals surface area contributed by atoms with Crippen LogP contribution >= 0.6 is 0 Å². The molecule has 0 aliphatic rings. The Bertz CT molecular complexity index is 543. The second-order valence-corrected chi connectivity index (χ2v) is 4.75. The molecular weight excluding hydrogens is 282 g/mol. The fourth-order valence-corrected chi connectivity index (χ4v) is 1.84. The number of hydrogen-bond acceptors (Lipinski definition) is 4. The Hall–Kier alpha value is -2.34. The zero-order valence-corrected chi connectivity index (χ0v) is 12.6. The molecule has 1 aromatic carbocycles. The maximum Gasteiger partial charge on any atom is 0.260 e. The Labute approximate surface area is 130 Å². The minimum atomic E-state index is -0.536. The molecule has 0 unspecified atom stereocenters. The number of rotatable bonds is 9. The molecular formula is C16H21N3O3. The van der Waals surface area contributed by atoms with Gasteiger partial charge in [0.15, 0.2) is 6.10 Å². The van der Waals surface area contributed by atoms with Crippen LogP contribution in [0.5, 0.6) is 5.75 Å². The number of ether oxygens (including phenoxy) is 2. The van der Waals surface area contributed by atoms with Gasteiger partial charge < -0.3 is 14.8 Å². The van der Waals surface area contributed by atoms with Gasteiger partial charge in [0, 0.05) is 18.9 Å². The first-order valence-corrected chi connectivity index (χ1v) is 7.30. The van der Waals surface area contributed by atoms with Crippen molar-refractivity contribution in [2.75, 3.05) is 19.8 Å². The summed E-state index contributed by atoms with van der Waals surface area (Å²) in [6.45, 7) is 3.91. The van der Waals surface area contributed by atoms with Gasteiger partial charge in [-0.1, -0.05) is 18.2 Å². The number of carbonyl (C=O) groups excluding carboxylic acids is 1. The lowest BCUT2D eigenvalue weighted by Crippen LogP contribution is -2.38. The Morgan fingerprint density at radius 3 is 2.82 bits per heavy atom. The molecule has 1 aromatic heterocycles. The first kappa shape index (κ1) is 16.0. The summed E-state index contributed by atoms with van der Waals surface area (Å²) in [5.74, 6) is 0.528. The molecule has 0 aliphatic carbocycles. The summed E-state index contributed by atoms with van der Waals surface area (Å²) >= 11 is 0. The van der Waals surface area contributed by atoms with Gasteiger partial charge in [-0.2, -0.15) is 5.10 Å². The Morgan fingerprint density at radius 1 is 1.27 bits per heavy atom. The topological polar surface area (TPSA) is 65.4 Å². The lowest BCUT2D eigenvalue weighted by Gasteiger charge is -2.14.